The molecule has 0 aliphatic carbocycles. The number of hydrogen-bond acceptors (Lipinski definition) is 6. The molecule has 0 aromatic carbocycles. The molecule has 3 rings (SSSR count). The minimum absolute atomic E-state index is 0.0840. The van der Waals surface area contributed by atoms with Crippen LogP contribution in [0.25, 0.3) is 4.96 Å². The van der Waals surface area contributed by atoms with Gasteiger partial charge in [-0.2, -0.15) is 0 Å². The van der Waals surface area contributed by atoms with Crippen molar-refractivity contribution < 1.29 is 0 Å². The van der Waals surface area contributed by atoms with Crippen LogP contribution < -0.4 is 11.3 Å². The molecule has 1 atom stereocenters. The average molecular weight is 304 g/mol. The quantitative estimate of drug-likeness (QED) is 0.764. The molecule has 3 heterocycles. The zero-order valence-corrected chi connectivity index (χ0v) is 12.5. The van der Waals surface area contributed by atoms with Crippen LogP contribution >= 0.6 is 11.3 Å². The number of rotatable bonds is 5. The van der Waals surface area contributed by atoms with E-state index >= 15 is 0 Å². The molecule has 0 aliphatic heterocycles. The van der Waals surface area contributed by atoms with E-state index < -0.39 is 0 Å². The summed E-state index contributed by atoms with van der Waals surface area (Å²) in [6.45, 7) is 2.49. The molecule has 0 amide bonds. The summed E-state index contributed by atoms with van der Waals surface area (Å²) < 4.78 is 3.19. The third kappa shape index (κ3) is 2.86. The molecule has 8 heteroatoms. The molecule has 7 nitrogen and oxygen atoms in total. The van der Waals surface area contributed by atoms with Crippen LogP contribution in [-0.4, -0.2) is 24.4 Å². The summed E-state index contributed by atoms with van der Waals surface area (Å²) in [6.07, 6.45) is 5.41. The molecule has 21 heavy (non-hydrogen) atoms. The lowest BCUT2D eigenvalue weighted by Crippen LogP contribution is -2.15. The lowest BCUT2D eigenvalue weighted by Gasteiger charge is -2.04. The van der Waals surface area contributed by atoms with Crippen LogP contribution in [0.4, 0.5) is 0 Å². The predicted molar refractivity (Wildman–Crippen MR) is 80.3 cm³/mol. The fourth-order valence-corrected chi connectivity index (χ4v) is 2.89. The van der Waals surface area contributed by atoms with Gasteiger partial charge < -0.3 is 5.73 Å². The maximum Gasteiger partial charge on any atom is 0.258 e. The second-order valence-electron chi connectivity index (χ2n) is 4.88. The van der Waals surface area contributed by atoms with Crippen molar-refractivity contribution in [2.45, 2.75) is 32.4 Å². The van der Waals surface area contributed by atoms with E-state index in [0.717, 1.165) is 18.5 Å². The Bertz CT molecular complexity index is 804. The van der Waals surface area contributed by atoms with Crippen LogP contribution in [0, 0.1) is 0 Å². The normalized spacial score (nSPS) is 12.9. The molecule has 3 aromatic rings. The Morgan fingerprint density at radius 2 is 2.33 bits per heavy atom. The highest BCUT2D eigenvalue weighted by Crippen LogP contribution is 2.12. The molecular weight excluding hydrogens is 288 g/mol. The molecule has 0 spiro atoms. The van der Waals surface area contributed by atoms with Crippen LogP contribution in [0.2, 0.25) is 0 Å². The van der Waals surface area contributed by atoms with E-state index in [1.807, 2.05) is 11.6 Å². The first-order valence-electron chi connectivity index (χ1n) is 6.78. The molecule has 0 saturated heterocycles. The van der Waals surface area contributed by atoms with E-state index in [2.05, 4.69) is 22.2 Å². The van der Waals surface area contributed by atoms with Crippen molar-refractivity contribution in [3.05, 3.63) is 45.6 Å². The summed E-state index contributed by atoms with van der Waals surface area (Å²) in [5.41, 5.74) is 7.37. The van der Waals surface area contributed by atoms with E-state index in [1.54, 1.807) is 10.9 Å². The minimum Gasteiger partial charge on any atom is -0.323 e. The maximum absolute atomic E-state index is 11.9. The van der Waals surface area contributed by atoms with E-state index in [0.29, 0.717) is 17.2 Å². The van der Waals surface area contributed by atoms with E-state index in [-0.39, 0.29) is 11.6 Å². The largest absolute Gasteiger partial charge is 0.323 e. The number of nitrogens with zero attached hydrogens (tertiary/aromatic N) is 5. The fraction of sp³-hybridized carbons (Fsp3) is 0.385. The van der Waals surface area contributed by atoms with Crippen molar-refractivity contribution in [1.29, 1.82) is 0 Å². The predicted octanol–water partition coefficient (Wildman–Crippen LogP) is 1.20. The summed E-state index contributed by atoms with van der Waals surface area (Å²) in [6, 6.07) is 1.43. The lowest BCUT2D eigenvalue weighted by molar-refractivity contribution is 0.616. The first-order chi connectivity index (χ1) is 10.2. The smallest absolute Gasteiger partial charge is 0.258 e. The molecule has 3 aromatic heterocycles. The third-order valence-corrected chi connectivity index (χ3v) is 3.97. The summed E-state index contributed by atoms with van der Waals surface area (Å²) in [5, 5.41) is 9.98. The van der Waals surface area contributed by atoms with Crippen molar-refractivity contribution >= 4 is 16.3 Å². The van der Waals surface area contributed by atoms with Crippen LogP contribution in [0.3, 0.4) is 0 Å². The molecular formula is C13H16N6OS. The van der Waals surface area contributed by atoms with Gasteiger partial charge in [-0.1, -0.05) is 18.6 Å². The first kappa shape index (κ1) is 13.9. The maximum atomic E-state index is 11.9. The molecule has 0 aliphatic rings. The van der Waals surface area contributed by atoms with Gasteiger partial charge in [0.2, 0.25) is 0 Å². The summed E-state index contributed by atoms with van der Waals surface area (Å²) in [5.74, 6) is 0. The van der Waals surface area contributed by atoms with Gasteiger partial charge in [0.25, 0.3) is 5.56 Å². The van der Waals surface area contributed by atoms with Gasteiger partial charge in [-0.15, -0.1) is 16.4 Å². The van der Waals surface area contributed by atoms with E-state index in [9.17, 15) is 4.79 Å². The van der Waals surface area contributed by atoms with Gasteiger partial charge in [-0.25, -0.2) is 9.67 Å². The second kappa shape index (κ2) is 5.74. The van der Waals surface area contributed by atoms with Crippen molar-refractivity contribution in [2.24, 2.45) is 5.73 Å². The number of thiazole rings is 1. The van der Waals surface area contributed by atoms with Crippen LogP contribution in [0.5, 0.6) is 0 Å². The average Bonchev–Trinajstić information content (AvgIpc) is 3.08. The van der Waals surface area contributed by atoms with Gasteiger partial charge in [-0.05, 0) is 6.42 Å². The Labute approximate surface area is 125 Å². The topological polar surface area (TPSA) is 91.1 Å². The van der Waals surface area contributed by atoms with Crippen LogP contribution in [0.15, 0.2) is 28.6 Å². The summed E-state index contributed by atoms with van der Waals surface area (Å²) in [7, 11) is 0. The number of aromatic nitrogens is 5. The molecule has 110 valence electrons. The zero-order chi connectivity index (χ0) is 14.8. The van der Waals surface area contributed by atoms with Crippen LogP contribution in [0.1, 0.15) is 37.2 Å². The van der Waals surface area contributed by atoms with Crippen molar-refractivity contribution in [3.8, 4) is 0 Å². The Morgan fingerprint density at radius 1 is 1.48 bits per heavy atom. The van der Waals surface area contributed by atoms with Gasteiger partial charge in [0.05, 0.1) is 30.2 Å². The highest BCUT2D eigenvalue weighted by atomic mass is 32.1. The Kier molecular flexibility index (Phi) is 3.80. The molecule has 0 bridgehead atoms. The number of hydrogen-bond donors (Lipinski definition) is 1. The van der Waals surface area contributed by atoms with E-state index in [1.165, 1.54) is 21.8 Å². The summed E-state index contributed by atoms with van der Waals surface area (Å²) in [4.78, 5) is 17.0. The molecule has 0 radical (unpaired) electrons. The standard InChI is InChI=1S/C13H16N6OS/c1-2-3-10(14)11-8-18(17-16-11)7-9-6-12(20)19-4-5-21-13(19)15-9/h4-6,8,10H,2-3,7,14H2,1H3. The fourth-order valence-electron chi connectivity index (χ4n) is 2.15. The highest BCUT2D eigenvalue weighted by Gasteiger charge is 2.11. The van der Waals surface area contributed by atoms with Gasteiger partial charge in [0.1, 0.15) is 0 Å². The second-order valence-corrected chi connectivity index (χ2v) is 5.75. The van der Waals surface area contributed by atoms with Crippen molar-refractivity contribution in [1.82, 2.24) is 24.4 Å². The van der Waals surface area contributed by atoms with Crippen molar-refractivity contribution in [3.63, 3.8) is 0 Å². The van der Waals surface area contributed by atoms with E-state index in [4.69, 9.17) is 5.73 Å². The van der Waals surface area contributed by atoms with Gasteiger partial charge in [-0.3, -0.25) is 9.20 Å². The van der Waals surface area contributed by atoms with Crippen LogP contribution in [-0.2, 0) is 6.54 Å². The molecule has 0 saturated carbocycles. The SMILES string of the molecule is CCCC(N)c1cn(Cc2cc(=O)n3ccsc3n2)nn1. The minimum atomic E-state index is -0.0953. The molecule has 0 fully saturated rings. The number of fused-ring (bicyclic) bond motifs is 1. The van der Waals surface area contributed by atoms with Gasteiger partial charge in [0.15, 0.2) is 4.96 Å². The monoisotopic (exact) mass is 304 g/mol. The number of nitrogens with two attached hydrogens (primary N) is 1. The van der Waals surface area contributed by atoms with Gasteiger partial charge in [0, 0.05) is 17.6 Å². The zero-order valence-electron chi connectivity index (χ0n) is 11.6. The highest BCUT2D eigenvalue weighted by molar-refractivity contribution is 7.15. The van der Waals surface area contributed by atoms with Crippen molar-refractivity contribution in [2.75, 3.05) is 0 Å². The first-order valence-corrected chi connectivity index (χ1v) is 7.66. The van der Waals surface area contributed by atoms with Gasteiger partial charge >= 0.3 is 0 Å². The lowest BCUT2D eigenvalue weighted by atomic mass is 10.1. The Balaban J connectivity index is 1.83. The summed E-state index contributed by atoms with van der Waals surface area (Å²) >= 11 is 1.43. The third-order valence-electron chi connectivity index (χ3n) is 3.22. The molecule has 2 N–H and O–H groups in total. The molecule has 1 unspecified atom stereocenters. The Morgan fingerprint density at radius 3 is 3.14 bits per heavy atom. The Hall–Kier alpha value is -2.06.